The van der Waals surface area contributed by atoms with E-state index in [1.165, 1.54) is 16.2 Å². The first-order chi connectivity index (χ1) is 27.2. The molecule has 0 saturated carbocycles. The van der Waals surface area contributed by atoms with Crippen LogP contribution in [0, 0.1) is 0 Å². The van der Waals surface area contributed by atoms with Gasteiger partial charge in [-0.25, -0.2) is 15.0 Å². The minimum Gasteiger partial charge on any atom is -0.257 e. The first-order valence-electron chi connectivity index (χ1n) is 18.7. The minimum atomic E-state index is 0.172. The number of rotatable bonds is 7. The van der Waals surface area contributed by atoms with Crippen molar-refractivity contribution in [3.8, 4) is 67.7 Å². The SMILES string of the molecule is C1=CCC(n2nc(-c3cccc(-c4cccc(-c5cccc(-c6nc(-c7ccccc7)nc(-c7ccccc7)n6)c5)c4)c3)c3c4ccccc4ccc32)C=C1. The highest BCUT2D eigenvalue weighted by Gasteiger charge is 2.20. The van der Waals surface area contributed by atoms with Crippen molar-refractivity contribution in [3.63, 3.8) is 0 Å². The van der Waals surface area contributed by atoms with Gasteiger partial charge >= 0.3 is 0 Å². The highest BCUT2D eigenvalue weighted by Crippen LogP contribution is 2.38. The summed E-state index contributed by atoms with van der Waals surface area (Å²) in [4.78, 5) is 14.8. The molecule has 0 radical (unpaired) electrons. The highest BCUT2D eigenvalue weighted by molar-refractivity contribution is 6.13. The molecule has 1 unspecified atom stereocenters. The normalized spacial score (nSPS) is 13.8. The monoisotopic (exact) mass is 705 g/mol. The summed E-state index contributed by atoms with van der Waals surface area (Å²) < 4.78 is 2.20. The average molecular weight is 706 g/mol. The Morgan fingerprint density at radius 1 is 0.436 bits per heavy atom. The van der Waals surface area contributed by atoms with E-state index in [1.807, 2.05) is 60.7 Å². The number of aromatic nitrogens is 5. The fourth-order valence-corrected chi connectivity index (χ4v) is 7.62. The Balaban J connectivity index is 1.04. The molecule has 0 saturated heterocycles. The summed E-state index contributed by atoms with van der Waals surface area (Å²) in [6.07, 6.45) is 9.62. The molecule has 0 amide bonds. The zero-order valence-electron chi connectivity index (χ0n) is 30.0. The van der Waals surface area contributed by atoms with E-state index in [2.05, 4.69) is 138 Å². The second-order valence-corrected chi connectivity index (χ2v) is 13.9. The third-order valence-corrected chi connectivity index (χ3v) is 10.4. The van der Waals surface area contributed by atoms with Gasteiger partial charge in [-0.05, 0) is 63.7 Å². The van der Waals surface area contributed by atoms with Crippen LogP contribution < -0.4 is 0 Å². The molecule has 5 nitrogen and oxygen atoms in total. The largest absolute Gasteiger partial charge is 0.257 e. The number of nitrogens with zero attached hydrogens (tertiary/aromatic N) is 5. The van der Waals surface area contributed by atoms with Crippen molar-refractivity contribution in [2.75, 3.05) is 0 Å². The third-order valence-electron chi connectivity index (χ3n) is 10.4. The molecule has 260 valence electrons. The van der Waals surface area contributed by atoms with Crippen molar-refractivity contribution >= 4 is 21.7 Å². The lowest BCUT2D eigenvalue weighted by molar-refractivity contribution is 0.560. The van der Waals surface area contributed by atoms with E-state index in [0.29, 0.717) is 17.5 Å². The molecule has 0 spiro atoms. The quantitative estimate of drug-likeness (QED) is 0.166. The maximum absolute atomic E-state index is 5.34. The molecular formula is C50H35N5. The molecule has 7 aromatic carbocycles. The Morgan fingerprint density at radius 2 is 0.945 bits per heavy atom. The smallest absolute Gasteiger partial charge is 0.164 e. The van der Waals surface area contributed by atoms with Crippen LogP contribution in [0.4, 0.5) is 0 Å². The summed E-state index contributed by atoms with van der Waals surface area (Å²) in [6.45, 7) is 0. The molecule has 0 N–H and O–H groups in total. The second-order valence-electron chi connectivity index (χ2n) is 13.9. The second kappa shape index (κ2) is 14.0. The van der Waals surface area contributed by atoms with Crippen LogP contribution in [0.1, 0.15) is 12.5 Å². The van der Waals surface area contributed by atoms with E-state index in [-0.39, 0.29) is 6.04 Å². The Bertz CT molecular complexity index is 2850. The summed E-state index contributed by atoms with van der Waals surface area (Å²) >= 11 is 0. The van der Waals surface area contributed by atoms with Gasteiger partial charge < -0.3 is 0 Å². The topological polar surface area (TPSA) is 56.5 Å². The molecule has 2 heterocycles. The van der Waals surface area contributed by atoms with Gasteiger partial charge in [0.05, 0.1) is 11.6 Å². The molecule has 0 aliphatic heterocycles. The van der Waals surface area contributed by atoms with E-state index in [1.54, 1.807) is 0 Å². The van der Waals surface area contributed by atoms with Gasteiger partial charge in [0.1, 0.15) is 5.69 Å². The van der Waals surface area contributed by atoms with E-state index < -0.39 is 0 Å². The van der Waals surface area contributed by atoms with Gasteiger partial charge in [-0.1, -0.05) is 170 Å². The fraction of sp³-hybridized carbons (Fsp3) is 0.0400. The molecule has 0 fully saturated rings. The molecule has 1 aliphatic rings. The lowest BCUT2D eigenvalue weighted by Gasteiger charge is -2.15. The zero-order chi connectivity index (χ0) is 36.6. The van der Waals surface area contributed by atoms with E-state index in [9.17, 15) is 0 Å². The summed E-state index contributed by atoms with van der Waals surface area (Å²) in [7, 11) is 0. The number of allylic oxidation sites excluding steroid dienone is 4. The van der Waals surface area contributed by atoms with Crippen molar-refractivity contribution in [1.82, 2.24) is 24.7 Å². The molecule has 1 aliphatic carbocycles. The highest BCUT2D eigenvalue weighted by atomic mass is 15.3. The van der Waals surface area contributed by atoms with Crippen LogP contribution in [-0.4, -0.2) is 24.7 Å². The van der Waals surface area contributed by atoms with Gasteiger partial charge in [0.15, 0.2) is 17.5 Å². The lowest BCUT2D eigenvalue weighted by atomic mass is 9.95. The standard InChI is InChI=1S/C50H35N5/c1-4-16-35(17-5-1)48-51-49(36-18-6-2-7-19-36)53-50(52-48)42-25-14-23-40(33-42)38-21-12-20-37(31-38)39-22-13-24-41(32-39)47-46-44-28-11-10-15-34(44)29-30-45(46)55(54-47)43-26-8-3-9-27-43/h1-26,28-33,43H,27H2. The zero-order valence-corrected chi connectivity index (χ0v) is 30.0. The first-order valence-corrected chi connectivity index (χ1v) is 18.7. The molecule has 2 aromatic heterocycles. The molecule has 10 rings (SSSR count). The van der Waals surface area contributed by atoms with Crippen molar-refractivity contribution in [2.45, 2.75) is 12.5 Å². The molecular weight excluding hydrogens is 671 g/mol. The van der Waals surface area contributed by atoms with Gasteiger partial charge in [-0.2, -0.15) is 5.10 Å². The molecule has 0 bridgehead atoms. The van der Waals surface area contributed by atoms with E-state index >= 15 is 0 Å². The number of benzene rings is 7. The van der Waals surface area contributed by atoms with Crippen LogP contribution in [0.15, 0.2) is 194 Å². The summed E-state index contributed by atoms with van der Waals surface area (Å²) in [6, 6.07) is 59.4. The van der Waals surface area contributed by atoms with Crippen LogP contribution in [0.5, 0.6) is 0 Å². The summed E-state index contributed by atoms with van der Waals surface area (Å²) in [5.41, 5.74) is 10.5. The van der Waals surface area contributed by atoms with Crippen molar-refractivity contribution in [1.29, 1.82) is 0 Å². The van der Waals surface area contributed by atoms with Gasteiger partial charge in [-0.15, -0.1) is 0 Å². The fourth-order valence-electron chi connectivity index (χ4n) is 7.62. The number of fused-ring (bicyclic) bond motifs is 3. The summed E-state index contributed by atoms with van der Waals surface area (Å²) in [5, 5.41) is 8.96. The maximum atomic E-state index is 5.34. The number of hydrogen-bond donors (Lipinski definition) is 0. The maximum Gasteiger partial charge on any atom is 0.164 e. The Hall–Kier alpha value is -7.24. The third kappa shape index (κ3) is 6.22. The molecule has 1 atom stereocenters. The molecule has 9 aromatic rings. The van der Waals surface area contributed by atoms with Crippen molar-refractivity contribution < 1.29 is 0 Å². The predicted octanol–water partition coefficient (Wildman–Crippen LogP) is 12.4. The average Bonchev–Trinajstić information content (AvgIpc) is 3.68. The predicted molar refractivity (Wildman–Crippen MR) is 225 cm³/mol. The van der Waals surface area contributed by atoms with Crippen LogP contribution in [-0.2, 0) is 0 Å². The minimum absolute atomic E-state index is 0.172. The van der Waals surface area contributed by atoms with Gasteiger partial charge in [0.25, 0.3) is 0 Å². The Kier molecular flexibility index (Phi) is 8.23. The first kappa shape index (κ1) is 32.4. The van der Waals surface area contributed by atoms with Gasteiger partial charge in [-0.3, -0.25) is 4.68 Å². The summed E-state index contributed by atoms with van der Waals surface area (Å²) in [5.74, 6) is 1.93. The van der Waals surface area contributed by atoms with Crippen LogP contribution >= 0.6 is 0 Å². The van der Waals surface area contributed by atoms with Crippen LogP contribution in [0.2, 0.25) is 0 Å². The Labute approximate surface area is 319 Å². The Morgan fingerprint density at radius 3 is 1.56 bits per heavy atom. The van der Waals surface area contributed by atoms with Crippen molar-refractivity contribution in [2.24, 2.45) is 0 Å². The van der Waals surface area contributed by atoms with Gasteiger partial charge in [0.2, 0.25) is 0 Å². The lowest BCUT2D eigenvalue weighted by Crippen LogP contribution is -2.08. The van der Waals surface area contributed by atoms with Crippen molar-refractivity contribution in [3.05, 3.63) is 194 Å². The molecule has 5 heteroatoms. The van der Waals surface area contributed by atoms with Crippen LogP contribution in [0.25, 0.3) is 89.4 Å². The van der Waals surface area contributed by atoms with Crippen LogP contribution in [0.3, 0.4) is 0 Å². The van der Waals surface area contributed by atoms with E-state index in [0.717, 1.165) is 62.1 Å². The van der Waals surface area contributed by atoms with E-state index in [4.69, 9.17) is 20.1 Å². The van der Waals surface area contributed by atoms with Gasteiger partial charge in [0, 0.05) is 27.6 Å². The molecule has 55 heavy (non-hydrogen) atoms. The number of hydrogen-bond acceptors (Lipinski definition) is 4.